The topological polar surface area (TPSA) is 85.9 Å². The van der Waals surface area contributed by atoms with Crippen LogP contribution in [-0.2, 0) is 9.53 Å². The second-order valence-corrected chi connectivity index (χ2v) is 10.3. The number of carbonyl (C=O) groups excluding carboxylic acids is 1. The average Bonchev–Trinajstić information content (AvgIpc) is 3.74. The minimum absolute atomic E-state index is 0.0594. The molecule has 3 fully saturated rings. The van der Waals surface area contributed by atoms with Gasteiger partial charge < -0.3 is 30.1 Å². The van der Waals surface area contributed by atoms with Gasteiger partial charge in [0.05, 0.1) is 6.20 Å². The normalized spacial score (nSPS) is 19.3. The zero-order valence-corrected chi connectivity index (χ0v) is 21.8. The van der Waals surface area contributed by atoms with Gasteiger partial charge in [0.1, 0.15) is 17.4 Å². The molecule has 10 heteroatoms. The lowest BCUT2D eigenvalue weighted by Gasteiger charge is -2.34. The number of ether oxygens (including phenoxy) is 1. The maximum atomic E-state index is 12.1. The highest BCUT2D eigenvalue weighted by Gasteiger charge is 2.28. The number of anilines is 4. The highest BCUT2D eigenvalue weighted by Crippen LogP contribution is 2.45. The average molecular weight is 514 g/mol. The third kappa shape index (κ3) is 6.38. The van der Waals surface area contributed by atoms with Gasteiger partial charge in [-0.2, -0.15) is 4.98 Å². The van der Waals surface area contributed by atoms with E-state index in [2.05, 4.69) is 55.6 Å². The Kier molecular flexibility index (Phi) is 8.09. The fraction of sp³-hybridized carbons (Fsp3) is 0.577. The zero-order valence-electron chi connectivity index (χ0n) is 21.0. The summed E-state index contributed by atoms with van der Waals surface area (Å²) in [5, 5.41) is 7.23. The van der Waals surface area contributed by atoms with Gasteiger partial charge >= 0.3 is 0 Å². The molecular weight excluding hydrogens is 478 g/mol. The Morgan fingerprint density at radius 2 is 2.00 bits per heavy atom. The van der Waals surface area contributed by atoms with E-state index >= 15 is 0 Å². The summed E-state index contributed by atoms with van der Waals surface area (Å²) in [6.07, 6.45) is 5.76. The van der Waals surface area contributed by atoms with Gasteiger partial charge in [0.2, 0.25) is 11.9 Å². The van der Waals surface area contributed by atoms with Crippen LogP contribution >= 0.6 is 11.6 Å². The number of piperazine rings is 1. The fourth-order valence-electron chi connectivity index (χ4n) is 4.78. The van der Waals surface area contributed by atoms with Crippen LogP contribution in [0.3, 0.4) is 0 Å². The summed E-state index contributed by atoms with van der Waals surface area (Å²) in [5.74, 6) is 1.78. The van der Waals surface area contributed by atoms with Gasteiger partial charge in [-0.25, -0.2) is 4.98 Å². The van der Waals surface area contributed by atoms with E-state index in [4.69, 9.17) is 16.3 Å². The smallest absolute Gasteiger partial charge is 0.248 e. The number of aromatic nitrogens is 2. The Labute approximate surface area is 218 Å². The number of amides is 1. The summed E-state index contributed by atoms with van der Waals surface area (Å²) in [7, 11) is 2.18. The predicted octanol–water partition coefficient (Wildman–Crippen LogP) is 3.55. The van der Waals surface area contributed by atoms with Crippen molar-refractivity contribution in [2.45, 2.75) is 31.6 Å². The van der Waals surface area contributed by atoms with E-state index in [1.165, 1.54) is 24.1 Å². The number of benzene rings is 1. The zero-order chi connectivity index (χ0) is 24.9. The van der Waals surface area contributed by atoms with Crippen molar-refractivity contribution in [2.75, 3.05) is 81.6 Å². The first-order valence-corrected chi connectivity index (χ1v) is 13.4. The number of rotatable bonds is 9. The molecule has 0 atom stereocenters. The van der Waals surface area contributed by atoms with Crippen molar-refractivity contribution in [3.8, 4) is 0 Å². The van der Waals surface area contributed by atoms with Crippen LogP contribution in [0.15, 0.2) is 24.4 Å². The van der Waals surface area contributed by atoms with Crippen LogP contribution < -0.4 is 15.5 Å². The van der Waals surface area contributed by atoms with Crippen molar-refractivity contribution in [3.05, 3.63) is 35.0 Å². The van der Waals surface area contributed by atoms with Crippen molar-refractivity contribution < 1.29 is 9.53 Å². The van der Waals surface area contributed by atoms with Gasteiger partial charge in [-0.3, -0.25) is 4.79 Å². The highest BCUT2D eigenvalue weighted by atomic mass is 35.5. The van der Waals surface area contributed by atoms with Crippen molar-refractivity contribution in [1.82, 2.24) is 19.8 Å². The van der Waals surface area contributed by atoms with E-state index in [1.54, 1.807) is 6.20 Å². The van der Waals surface area contributed by atoms with Crippen molar-refractivity contribution >= 4 is 40.6 Å². The maximum absolute atomic E-state index is 12.1. The van der Waals surface area contributed by atoms with Crippen LogP contribution in [0.25, 0.3) is 0 Å². The van der Waals surface area contributed by atoms with Crippen LogP contribution in [-0.4, -0.2) is 91.7 Å². The molecule has 5 rings (SSSR count). The number of hydrogen-bond acceptors (Lipinski definition) is 8. The van der Waals surface area contributed by atoms with Gasteiger partial charge in [-0.05, 0) is 62.4 Å². The molecule has 3 aliphatic rings. The molecule has 1 saturated carbocycles. The first-order valence-electron chi connectivity index (χ1n) is 13.0. The molecular formula is C26H36ClN7O2. The molecule has 2 saturated heterocycles. The molecule has 194 valence electrons. The minimum Gasteiger partial charge on any atom is -0.372 e. The van der Waals surface area contributed by atoms with Gasteiger partial charge in [0, 0.05) is 63.8 Å². The molecule has 1 aromatic carbocycles. The molecule has 2 aromatic rings. The van der Waals surface area contributed by atoms with Crippen molar-refractivity contribution in [2.24, 2.45) is 0 Å². The number of halogens is 1. The molecule has 0 spiro atoms. The van der Waals surface area contributed by atoms with E-state index in [0.717, 1.165) is 51.3 Å². The van der Waals surface area contributed by atoms with Crippen LogP contribution in [0.1, 0.15) is 37.2 Å². The van der Waals surface area contributed by atoms with E-state index < -0.39 is 0 Å². The molecule has 1 aromatic heterocycles. The van der Waals surface area contributed by atoms with Gasteiger partial charge in [0.15, 0.2) is 0 Å². The molecule has 0 radical (unpaired) electrons. The van der Waals surface area contributed by atoms with Crippen LogP contribution in [0.2, 0.25) is 5.02 Å². The number of carbonyl (C=O) groups is 1. The molecule has 36 heavy (non-hydrogen) atoms. The van der Waals surface area contributed by atoms with Gasteiger partial charge in [-0.15, -0.1) is 0 Å². The van der Waals surface area contributed by atoms with Crippen LogP contribution in [0.4, 0.5) is 23.1 Å². The quantitative estimate of drug-likeness (QED) is 0.492. The second-order valence-electron chi connectivity index (χ2n) is 9.92. The Morgan fingerprint density at radius 3 is 2.81 bits per heavy atom. The number of hydrogen-bond donors (Lipinski definition) is 2. The molecule has 1 amide bonds. The predicted molar refractivity (Wildman–Crippen MR) is 144 cm³/mol. The first kappa shape index (κ1) is 25.0. The summed E-state index contributed by atoms with van der Waals surface area (Å²) in [5.41, 5.74) is 3.69. The Hall–Kier alpha value is -2.62. The van der Waals surface area contributed by atoms with Gasteiger partial charge in [-0.1, -0.05) is 11.6 Å². The van der Waals surface area contributed by atoms with E-state index in [9.17, 15) is 4.79 Å². The van der Waals surface area contributed by atoms with Crippen LogP contribution in [0.5, 0.6) is 0 Å². The molecule has 3 heterocycles. The molecule has 0 bridgehead atoms. The van der Waals surface area contributed by atoms with Gasteiger partial charge in [0.25, 0.3) is 0 Å². The lowest BCUT2D eigenvalue weighted by atomic mass is 10.1. The van der Waals surface area contributed by atoms with E-state index in [0.29, 0.717) is 42.4 Å². The lowest BCUT2D eigenvalue weighted by molar-refractivity contribution is -0.133. The number of likely N-dealkylation sites (N-methyl/N-ethyl adjacent to an activating group) is 1. The van der Waals surface area contributed by atoms with Crippen molar-refractivity contribution in [3.63, 3.8) is 0 Å². The number of nitrogens with one attached hydrogen (secondary N) is 2. The fourth-order valence-corrected chi connectivity index (χ4v) is 4.93. The third-order valence-corrected chi connectivity index (χ3v) is 7.38. The Morgan fingerprint density at radius 1 is 1.17 bits per heavy atom. The Balaban J connectivity index is 1.21. The van der Waals surface area contributed by atoms with Crippen molar-refractivity contribution in [1.29, 1.82) is 0 Å². The lowest BCUT2D eigenvalue weighted by Crippen LogP contribution is -2.44. The standard InChI is InChI=1S/C26H36ClN7O2/c1-32-11-13-33(14-12-32)20-6-7-23(21(16-20)19-4-5-19)30-26-29-17-22(27)25(31-26)28-8-2-9-34-10-3-15-36-18-24(34)35/h6-7,16-17,19H,2-5,8-15,18H2,1H3,(H2,28,29,30,31). The first-order chi connectivity index (χ1) is 17.6. The molecule has 2 N–H and O–H groups in total. The summed E-state index contributed by atoms with van der Waals surface area (Å²) >= 11 is 6.38. The second kappa shape index (κ2) is 11.6. The molecule has 2 aliphatic heterocycles. The summed E-state index contributed by atoms with van der Waals surface area (Å²) in [4.78, 5) is 27.9. The SMILES string of the molecule is CN1CCN(c2ccc(Nc3ncc(Cl)c(NCCCN4CCCOCC4=O)n3)c(C3CC3)c2)CC1. The third-order valence-electron chi connectivity index (χ3n) is 7.10. The Bertz CT molecular complexity index is 1060. The van der Waals surface area contributed by atoms with E-state index in [1.807, 2.05) is 4.90 Å². The molecule has 0 unspecified atom stereocenters. The van der Waals surface area contributed by atoms with Crippen LogP contribution in [0, 0.1) is 0 Å². The molecule has 9 nitrogen and oxygen atoms in total. The largest absolute Gasteiger partial charge is 0.372 e. The number of nitrogens with zero attached hydrogens (tertiary/aromatic N) is 5. The summed E-state index contributed by atoms with van der Waals surface area (Å²) in [6.45, 7) is 7.23. The highest BCUT2D eigenvalue weighted by molar-refractivity contribution is 6.32. The van der Waals surface area contributed by atoms with E-state index in [-0.39, 0.29) is 12.5 Å². The minimum atomic E-state index is 0.0594. The molecule has 1 aliphatic carbocycles. The monoisotopic (exact) mass is 513 g/mol. The summed E-state index contributed by atoms with van der Waals surface area (Å²) < 4.78 is 5.31. The maximum Gasteiger partial charge on any atom is 0.248 e. The summed E-state index contributed by atoms with van der Waals surface area (Å²) in [6, 6.07) is 6.70.